The van der Waals surface area contributed by atoms with Crippen LogP contribution < -0.4 is 5.32 Å². The van der Waals surface area contributed by atoms with Crippen molar-refractivity contribution in [2.24, 2.45) is 0 Å². The van der Waals surface area contributed by atoms with Crippen LogP contribution in [0.2, 0.25) is 0 Å². The number of carbonyl (C=O) groups is 2. The fourth-order valence-electron chi connectivity index (χ4n) is 1.07. The van der Waals surface area contributed by atoms with Crippen molar-refractivity contribution in [2.75, 3.05) is 5.32 Å². The van der Waals surface area contributed by atoms with E-state index in [1.54, 1.807) is 0 Å². The molecule has 0 bridgehead atoms. The fourth-order valence-corrected chi connectivity index (χ4v) is 1.07. The van der Waals surface area contributed by atoms with E-state index in [4.69, 9.17) is 10.2 Å². The highest BCUT2D eigenvalue weighted by atomic mass is 16.4. The van der Waals surface area contributed by atoms with Crippen molar-refractivity contribution in [1.82, 2.24) is 0 Å². The topological polar surface area (TPSA) is 107 Å². The summed E-state index contributed by atoms with van der Waals surface area (Å²) in [6.07, 6.45) is 0. The third kappa shape index (κ3) is 2.37. The molecule has 1 aromatic carbocycles. The minimum Gasteiger partial charge on any atom is -0.508 e. The van der Waals surface area contributed by atoms with E-state index in [0.717, 1.165) is 12.1 Å². The Morgan fingerprint density at radius 1 is 1.27 bits per heavy atom. The van der Waals surface area contributed by atoms with E-state index in [1.165, 1.54) is 6.92 Å². The first kappa shape index (κ1) is 10.8. The summed E-state index contributed by atoms with van der Waals surface area (Å²) >= 11 is 0. The van der Waals surface area contributed by atoms with Gasteiger partial charge in [0.2, 0.25) is 5.91 Å². The number of aromatic carboxylic acids is 1. The van der Waals surface area contributed by atoms with E-state index in [0.29, 0.717) is 0 Å². The molecule has 0 aliphatic heterocycles. The maximum atomic E-state index is 10.7. The Bertz CT molecular complexity index is 427. The van der Waals surface area contributed by atoms with E-state index in [9.17, 15) is 14.7 Å². The van der Waals surface area contributed by atoms with Gasteiger partial charge in [0.1, 0.15) is 11.3 Å². The second kappa shape index (κ2) is 3.87. The van der Waals surface area contributed by atoms with E-state index in [-0.39, 0.29) is 11.4 Å². The van der Waals surface area contributed by atoms with Gasteiger partial charge >= 0.3 is 5.97 Å². The minimum absolute atomic E-state index is 0.139. The molecule has 15 heavy (non-hydrogen) atoms. The van der Waals surface area contributed by atoms with Gasteiger partial charge in [0.05, 0.1) is 5.69 Å². The highest BCUT2D eigenvalue weighted by molar-refractivity contribution is 5.97. The summed E-state index contributed by atoms with van der Waals surface area (Å²) in [6, 6.07) is 1.95. The molecule has 80 valence electrons. The molecule has 0 radical (unpaired) electrons. The first-order chi connectivity index (χ1) is 6.91. The Balaban J connectivity index is 3.28. The number of carboxylic acids is 1. The van der Waals surface area contributed by atoms with Crippen LogP contribution in [0.15, 0.2) is 12.1 Å². The Labute approximate surface area is 84.8 Å². The Kier molecular flexibility index (Phi) is 2.80. The molecule has 1 rings (SSSR count). The van der Waals surface area contributed by atoms with E-state index >= 15 is 0 Å². The minimum atomic E-state index is -1.39. The molecule has 0 spiro atoms. The maximum absolute atomic E-state index is 10.7. The molecular weight excluding hydrogens is 202 g/mol. The first-order valence-electron chi connectivity index (χ1n) is 3.98. The summed E-state index contributed by atoms with van der Waals surface area (Å²) in [5.41, 5.74) is -0.612. The molecule has 0 saturated carbocycles. The van der Waals surface area contributed by atoms with Crippen LogP contribution in [0, 0.1) is 0 Å². The molecular formula is C9H9NO5. The molecule has 6 heteroatoms. The van der Waals surface area contributed by atoms with Gasteiger partial charge < -0.3 is 20.6 Å². The molecule has 0 fully saturated rings. The molecule has 0 unspecified atom stereocenters. The zero-order valence-corrected chi connectivity index (χ0v) is 7.81. The summed E-state index contributed by atoms with van der Waals surface area (Å²) < 4.78 is 0. The number of aromatic hydroxyl groups is 2. The smallest absolute Gasteiger partial charge is 0.339 e. The molecule has 0 aromatic heterocycles. The second-order valence-electron chi connectivity index (χ2n) is 2.88. The molecule has 6 nitrogen and oxygen atoms in total. The number of phenolic OH excluding ortho intramolecular Hbond substituents is 1. The molecule has 0 saturated heterocycles. The van der Waals surface area contributed by atoms with Crippen molar-refractivity contribution >= 4 is 17.6 Å². The van der Waals surface area contributed by atoms with Crippen molar-refractivity contribution in [3.63, 3.8) is 0 Å². The standard InChI is InChI=1S/C9H9NO5/c1-4(11)10-7-3-5(12)2-6(8(7)13)9(14)15/h2-3,12-13H,1H3,(H,10,11)(H,14,15). The molecule has 0 aliphatic rings. The molecule has 0 atom stereocenters. The quantitative estimate of drug-likeness (QED) is 0.426. The third-order valence-electron chi connectivity index (χ3n) is 1.64. The number of nitrogens with one attached hydrogen (secondary N) is 1. The van der Waals surface area contributed by atoms with Gasteiger partial charge in [-0.1, -0.05) is 0 Å². The number of benzene rings is 1. The Hall–Kier alpha value is -2.24. The number of rotatable bonds is 2. The highest BCUT2D eigenvalue weighted by Crippen LogP contribution is 2.32. The third-order valence-corrected chi connectivity index (χ3v) is 1.64. The van der Waals surface area contributed by atoms with Gasteiger partial charge in [0, 0.05) is 13.0 Å². The van der Waals surface area contributed by atoms with Crippen molar-refractivity contribution in [3.05, 3.63) is 17.7 Å². The highest BCUT2D eigenvalue weighted by Gasteiger charge is 2.15. The molecule has 0 heterocycles. The van der Waals surface area contributed by atoms with Crippen molar-refractivity contribution < 1.29 is 24.9 Å². The SMILES string of the molecule is CC(=O)Nc1cc(O)cc(C(=O)O)c1O. The monoisotopic (exact) mass is 211 g/mol. The summed E-state index contributed by atoms with van der Waals surface area (Å²) in [6.45, 7) is 1.20. The number of carbonyl (C=O) groups excluding carboxylic acids is 1. The number of anilines is 1. The molecule has 0 aliphatic carbocycles. The lowest BCUT2D eigenvalue weighted by Crippen LogP contribution is -2.07. The fraction of sp³-hybridized carbons (Fsp3) is 0.111. The van der Waals surface area contributed by atoms with Gasteiger partial charge in [-0.05, 0) is 6.07 Å². The van der Waals surface area contributed by atoms with Crippen LogP contribution in [-0.4, -0.2) is 27.2 Å². The zero-order chi connectivity index (χ0) is 11.6. The molecule has 4 N–H and O–H groups in total. The average molecular weight is 211 g/mol. The van der Waals surface area contributed by atoms with Gasteiger partial charge in [-0.25, -0.2) is 4.79 Å². The van der Waals surface area contributed by atoms with Crippen molar-refractivity contribution in [2.45, 2.75) is 6.92 Å². The van der Waals surface area contributed by atoms with Gasteiger partial charge in [-0.3, -0.25) is 4.79 Å². The van der Waals surface area contributed by atoms with Crippen LogP contribution in [-0.2, 0) is 4.79 Å². The summed E-state index contributed by atoms with van der Waals surface area (Å²) in [7, 11) is 0. The maximum Gasteiger partial charge on any atom is 0.339 e. The van der Waals surface area contributed by atoms with Gasteiger partial charge in [-0.2, -0.15) is 0 Å². The van der Waals surface area contributed by atoms with Gasteiger partial charge in [0.15, 0.2) is 5.75 Å². The molecule has 1 amide bonds. The largest absolute Gasteiger partial charge is 0.508 e. The van der Waals surface area contributed by atoms with Crippen molar-refractivity contribution in [3.8, 4) is 11.5 Å². The van der Waals surface area contributed by atoms with E-state index < -0.39 is 23.2 Å². The van der Waals surface area contributed by atoms with Crippen LogP contribution in [0.4, 0.5) is 5.69 Å². The Morgan fingerprint density at radius 3 is 2.33 bits per heavy atom. The predicted molar refractivity (Wildman–Crippen MR) is 51.0 cm³/mol. The molecule has 1 aromatic rings. The van der Waals surface area contributed by atoms with Gasteiger partial charge in [-0.15, -0.1) is 0 Å². The number of carboxylic acid groups (broad SMARTS) is 1. The van der Waals surface area contributed by atoms with Crippen molar-refractivity contribution in [1.29, 1.82) is 0 Å². The van der Waals surface area contributed by atoms with Crippen LogP contribution in [0.1, 0.15) is 17.3 Å². The number of hydrogen-bond donors (Lipinski definition) is 4. The van der Waals surface area contributed by atoms with E-state index in [1.807, 2.05) is 0 Å². The lowest BCUT2D eigenvalue weighted by molar-refractivity contribution is -0.114. The zero-order valence-electron chi connectivity index (χ0n) is 7.81. The lowest BCUT2D eigenvalue weighted by Gasteiger charge is -2.08. The number of phenols is 2. The predicted octanol–water partition coefficient (Wildman–Crippen LogP) is 0.754. The number of hydrogen-bond acceptors (Lipinski definition) is 4. The van der Waals surface area contributed by atoms with Crippen LogP contribution in [0.5, 0.6) is 11.5 Å². The first-order valence-corrected chi connectivity index (χ1v) is 3.98. The second-order valence-corrected chi connectivity index (χ2v) is 2.88. The number of amides is 1. The lowest BCUT2D eigenvalue weighted by atomic mass is 10.1. The Morgan fingerprint density at radius 2 is 1.87 bits per heavy atom. The normalized spacial score (nSPS) is 9.67. The summed E-state index contributed by atoms with van der Waals surface area (Å²) in [5, 5.41) is 29.4. The summed E-state index contributed by atoms with van der Waals surface area (Å²) in [4.78, 5) is 21.3. The van der Waals surface area contributed by atoms with Crippen LogP contribution >= 0.6 is 0 Å². The van der Waals surface area contributed by atoms with E-state index in [2.05, 4.69) is 5.32 Å². The van der Waals surface area contributed by atoms with Crippen LogP contribution in [0.25, 0.3) is 0 Å². The average Bonchev–Trinajstić information content (AvgIpc) is 2.09. The van der Waals surface area contributed by atoms with Gasteiger partial charge in [0.25, 0.3) is 0 Å². The van der Waals surface area contributed by atoms with Crippen LogP contribution in [0.3, 0.4) is 0 Å². The summed E-state index contributed by atoms with van der Waals surface area (Å²) in [5.74, 6) is -2.81.